The quantitative estimate of drug-likeness (QED) is 0.844. The molecule has 2 nitrogen and oxygen atoms in total. The normalized spacial score (nSPS) is 12.2. The third-order valence-corrected chi connectivity index (χ3v) is 2.69. The van der Waals surface area contributed by atoms with Crippen molar-refractivity contribution in [2.75, 3.05) is 11.9 Å². The van der Waals surface area contributed by atoms with E-state index in [1.165, 1.54) is 6.07 Å². The highest BCUT2D eigenvalue weighted by Crippen LogP contribution is 2.18. The molecule has 0 aliphatic rings. The summed E-state index contributed by atoms with van der Waals surface area (Å²) in [5, 5.41) is 12.4. The molecule has 1 unspecified atom stereocenters. The van der Waals surface area contributed by atoms with Crippen molar-refractivity contribution in [3.63, 3.8) is 0 Å². The van der Waals surface area contributed by atoms with Crippen LogP contribution in [-0.2, 0) is 0 Å². The number of halogens is 4. The van der Waals surface area contributed by atoms with Gasteiger partial charge in [-0.25, -0.2) is 17.6 Å². The van der Waals surface area contributed by atoms with Crippen LogP contribution in [0.1, 0.15) is 11.7 Å². The lowest BCUT2D eigenvalue weighted by Crippen LogP contribution is -2.12. The highest BCUT2D eigenvalue weighted by molar-refractivity contribution is 5.44. The summed E-state index contributed by atoms with van der Waals surface area (Å²) in [4.78, 5) is 0. The fourth-order valence-electron chi connectivity index (χ4n) is 1.71. The van der Waals surface area contributed by atoms with Crippen LogP contribution in [0.4, 0.5) is 23.2 Å². The van der Waals surface area contributed by atoms with Gasteiger partial charge in [0.05, 0.1) is 6.10 Å². The molecule has 0 aliphatic heterocycles. The molecule has 20 heavy (non-hydrogen) atoms. The first-order valence-electron chi connectivity index (χ1n) is 5.78. The molecule has 0 spiro atoms. The Morgan fingerprint density at radius 2 is 1.55 bits per heavy atom. The molecule has 0 bridgehead atoms. The highest BCUT2D eigenvalue weighted by atomic mass is 19.2. The van der Waals surface area contributed by atoms with Crippen LogP contribution in [0, 0.1) is 23.3 Å². The maximum absolute atomic E-state index is 13.0. The van der Waals surface area contributed by atoms with Gasteiger partial charge in [-0.15, -0.1) is 0 Å². The molecule has 0 amide bonds. The Kier molecular flexibility index (Phi) is 4.24. The van der Waals surface area contributed by atoms with Gasteiger partial charge < -0.3 is 10.4 Å². The molecule has 2 aromatic carbocycles. The van der Waals surface area contributed by atoms with Crippen LogP contribution < -0.4 is 5.32 Å². The highest BCUT2D eigenvalue weighted by Gasteiger charge is 2.11. The molecule has 6 heteroatoms. The second kappa shape index (κ2) is 5.92. The van der Waals surface area contributed by atoms with Gasteiger partial charge in [-0.05, 0) is 29.8 Å². The average molecular weight is 285 g/mol. The molecule has 1 atom stereocenters. The van der Waals surface area contributed by atoms with Gasteiger partial charge in [-0.1, -0.05) is 6.07 Å². The summed E-state index contributed by atoms with van der Waals surface area (Å²) < 4.78 is 51.6. The number of rotatable bonds is 4. The number of hydrogen-bond donors (Lipinski definition) is 2. The van der Waals surface area contributed by atoms with E-state index < -0.39 is 29.4 Å². The zero-order chi connectivity index (χ0) is 14.7. The lowest BCUT2D eigenvalue weighted by Gasteiger charge is -2.13. The van der Waals surface area contributed by atoms with E-state index in [1.54, 1.807) is 0 Å². The number of aliphatic hydroxyl groups is 1. The van der Waals surface area contributed by atoms with Crippen molar-refractivity contribution < 1.29 is 22.7 Å². The summed E-state index contributed by atoms with van der Waals surface area (Å²) in [7, 11) is 0. The third kappa shape index (κ3) is 3.48. The number of benzene rings is 2. The van der Waals surface area contributed by atoms with Crippen LogP contribution in [-0.4, -0.2) is 11.7 Å². The fourth-order valence-corrected chi connectivity index (χ4v) is 1.71. The number of anilines is 1. The molecule has 0 aromatic heterocycles. The summed E-state index contributed by atoms with van der Waals surface area (Å²) in [5.74, 6) is -3.59. The van der Waals surface area contributed by atoms with E-state index in [0.717, 1.165) is 30.3 Å². The second-order valence-corrected chi connectivity index (χ2v) is 4.23. The van der Waals surface area contributed by atoms with Gasteiger partial charge in [-0.3, -0.25) is 0 Å². The van der Waals surface area contributed by atoms with Gasteiger partial charge in [0.15, 0.2) is 11.6 Å². The summed E-state index contributed by atoms with van der Waals surface area (Å²) in [6.45, 7) is -0.103. The molecule has 2 N–H and O–H groups in total. The smallest absolute Gasteiger partial charge is 0.159 e. The summed E-state index contributed by atoms with van der Waals surface area (Å²) in [6.07, 6.45) is -1.14. The molecular weight excluding hydrogens is 274 g/mol. The molecular formula is C14H11F4NO. The lowest BCUT2D eigenvalue weighted by molar-refractivity contribution is 0.191. The Morgan fingerprint density at radius 1 is 0.900 bits per heavy atom. The van der Waals surface area contributed by atoms with E-state index in [-0.39, 0.29) is 17.8 Å². The van der Waals surface area contributed by atoms with Crippen molar-refractivity contribution in [1.29, 1.82) is 0 Å². The Labute approximate surface area is 112 Å². The van der Waals surface area contributed by atoms with E-state index in [2.05, 4.69) is 5.32 Å². The Bertz CT molecular complexity index is 598. The number of hydrogen-bond acceptors (Lipinski definition) is 2. The van der Waals surface area contributed by atoms with Crippen molar-refractivity contribution in [2.24, 2.45) is 0 Å². The fraction of sp³-hybridized carbons (Fsp3) is 0.143. The van der Waals surface area contributed by atoms with E-state index >= 15 is 0 Å². The molecule has 0 fully saturated rings. The van der Waals surface area contributed by atoms with Crippen molar-refractivity contribution in [1.82, 2.24) is 0 Å². The van der Waals surface area contributed by atoms with Gasteiger partial charge in [-0.2, -0.15) is 0 Å². The van der Waals surface area contributed by atoms with Crippen LogP contribution in [0.15, 0.2) is 36.4 Å². The first kappa shape index (κ1) is 14.3. The molecule has 0 saturated carbocycles. The minimum Gasteiger partial charge on any atom is -0.387 e. The van der Waals surface area contributed by atoms with Crippen molar-refractivity contribution in [3.8, 4) is 0 Å². The lowest BCUT2D eigenvalue weighted by atomic mass is 10.1. The van der Waals surface area contributed by atoms with Crippen molar-refractivity contribution >= 4 is 5.69 Å². The number of aliphatic hydroxyl groups excluding tert-OH is 1. The first-order chi connectivity index (χ1) is 9.45. The second-order valence-electron chi connectivity index (χ2n) is 4.23. The predicted octanol–water partition coefficient (Wildman–Crippen LogP) is 3.39. The van der Waals surface area contributed by atoms with Gasteiger partial charge in [0.25, 0.3) is 0 Å². The molecule has 2 rings (SSSR count). The minimum atomic E-state index is -1.14. The zero-order valence-electron chi connectivity index (χ0n) is 10.2. The van der Waals surface area contributed by atoms with E-state index in [9.17, 15) is 22.7 Å². The first-order valence-corrected chi connectivity index (χ1v) is 5.78. The molecule has 0 aliphatic carbocycles. The topological polar surface area (TPSA) is 32.3 Å². The predicted molar refractivity (Wildman–Crippen MR) is 66.2 cm³/mol. The molecule has 2 aromatic rings. The van der Waals surface area contributed by atoms with Crippen LogP contribution in [0.3, 0.4) is 0 Å². The SMILES string of the molecule is OC(CNc1cc(F)cc(F)c1)c1ccc(F)c(F)c1. The molecule has 0 radical (unpaired) electrons. The maximum atomic E-state index is 13.0. The molecule has 0 saturated heterocycles. The van der Waals surface area contributed by atoms with Crippen molar-refractivity contribution in [3.05, 3.63) is 65.2 Å². The Morgan fingerprint density at radius 3 is 2.15 bits per heavy atom. The van der Waals surface area contributed by atoms with Crippen LogP contribution in [0.25, 0.3) is 0 Å². The van der Waals surface area contributed by atoms with Gasteiger partial charge >= 0.3 is 0 Å². The monoisotopic (exact) mass is 285 g/mol. The summed E-state index contributed by atoms with van der Waals surface area (Å²) in [6, 6.07) is 5.83. The van der Waals surface area contributed by atoms with E-state index in [1.807, 2.05) is 0 Å². The largest absolute Gasteiger partial charge is 0.387 e. The average Bonchev–Trinajstić information content (AvgIpc) is 2.38. The molecule has 0 heterocycles. The minimum absolute atomic E-state index is 0.103. The van der Waals surface area contributed by atoms with E-state index in [4.69, 9.17) is 0 Å². The van der Waals surface area contributed by atoms with Crippen LogP contribution in [0.5, 0.6) is 0 Å². The molecule has 106 valence electrons. The van der Waals surface area contributed by atoms with Gasteiger partial charge in [0, 0.05) is 18.3 Å². The van der Waals surface area contributed by atoms with E-state index in [0.29, 0.717) is 0 Å². The zero-order valence-corrected chi connectivity index (χ0v) is 10.2. The standard InChI is InChI=1S/C14H11F4NO/c15-9-4-10(16)6-11(5-9)19-7-14(20)8-1-2-12(17)13(18)3-8/h1-6,14,19-20H,7H2. The maximum Gasteiger partial charge on any atom is 0.159 e. The number of nitrogens with one attached hydrogen (secondary N) is 1. The van der Waals surface area contributed by atoms with Gasteiger partial charge in [0.2, 0.25) is 0 Å². The third-order valence-electron chi connectivity index (χ3n) is 2.69. The Balaban J connectivity index is 2.04. The van der Waals surface area contributed by atoms with Gasteiger partial charge in [0.1, 0.15) is 11.6 Å². The Hall–Kier alpha value is -2.08. The van der Waals surface area contributed by atoms with Crippen LogP contribution >= 0.6 is 0 Å². The summed E-state index contributed by atoms with van der Waals surface area (Å²) in [5.41, 5.74) is 0.303. The van der Waals surface area contributed by atoms with Crippen molar-refractivity contribution in [2.45, 2.75) is 6.10 Å². The summed E-state index contributed by atoms with van der Waals surface area (Å²) >= 11 is 0. The van der Waals surface area contributed by atoms with Crippen LogP contribution in [0.2, 0.25) is 0 Å².